The summed E-state index contributed by atoms with van der Waals surface area (Å²) >= 11 is 1.68. The third-order valence-corrected chi connectivity index (χ3v) is 4.21. The topological polar surface area (TPSA) is 41.6 Å². The van der Waals surface area contributed by atoms with Gasteiger partial charge in [0.1, 0.15) is 11.6 Å². The minimum atomic E-state index is -0.474. The maximum absolute atomic E-state index is 14.0. The van der Waals surface area contributed by atoms with Gasteiger partial charge in [-0.1, -0.05) is 6.07 Å². The number of nitrogens with one attached hydrogen (secondary N) is 1. The van der Waals surface area contributed by atoms with Gasteiger partial charge in [-0.15, -0.1) is 0 Å². The van der Waals surface area contributed by atoms with Crippen LogP contribution in [0.3, 0.4) is 0 Å². The largest absolute Gasteiger partial charge is 0.496 e. The second-order valence-corrected chi connectivity index (χ2v) is 5.85. The Kier molecular flexibility index (Phi) is 6.81. The Hall–Kier alpha value is -1.43. The van der Waals surface area contributed by atoms with Crippen molar-refractivity contribution in [1.29, 1.82) is 0 Å². The van der Waals surface area contributed by atoms with Gasteiger partial charge < -0.3 is 15.0 Å². The number of carbonyl (C=O) groups is 1. The average molecular weight is 314 g/mol. The molecule has 2 atom stereocenters. The van der Waals surface area contributed by atoms with Crippen LogP contribution in [0.5, 0.6) is 5.75 Å². The van der Waals surface area contributed by atoms with Gasteiger partial charge in [-0.25, -0.2) is 9.18 Å². The summed E-state index contributed by atoms with van der Waals surface area (Å²) in [7, 11) is 3.22. The summed E-state index contributed by atoms with van der Waals surface area (Å²) in [5.41, 5.74) is 0.360. The molecule has 6 heteroatoms. The molecular formula is C15H23FN2O2S. The number of ether oxygens (including phenoxy) is 1. The van der Waals surface area contributed by atoms with E-state index in [4.69, 9.17) is 4.74 Å². The van der Waals surface area contributed by atoms with E-state index in [0.717, 1.165) is 5.75 Å². The zero-order chi connectivity index (χ0) is 16.0. The van der Waals surface area contributed by atoms with E-state index in [-0.39, 0.29) is 17.9 Å². The molecule has 2 unspecified atom stereocenters. The maximum atomic E-state index is 14.0. The van der Waals surface area contributed by atoms with Crippen molar-refractivity contribution in [2.75, 3.05) is 26.2 Å². The van der Waals surface area contributed by atoms with Crippen LogP contribution in [0.15, 0.2) is 18.2 Å². The van der Waals surface area contributed by atoms with E-state index in [9.17, 15) is 9.18 Å². The van der Waals surface area contributed by atoms with Crippen LogP contribution >= 0.6 is 11.8 Å². The lowest BCUT2D eigenvalue weighted by Crippen LogP contribution is -2.44. The molecule has 0 heterocycles. The standard InChI is InChI=1S/C15H23FN2O2S/c1-10(9-21-5)18(3)15(19)17-11(2)14-12(16)7-6-8-13(14)20-4/h6-8,10-11H,9H2,1-5H3,(H,17,19). The molecule has 1 rings (SSSR count). The SMILES string of the molecule is COc1cccc(F)c1C(C)NC(=O)N(C)C(C)CSC. The van der Waals surface area contributed by atoms with Gasteiger partial charge in [0.25, 0.3) is 0 Å². The van der Waals surface area contributed by atoms with Crippen LogP contribution in [0.25, 0.3) is 0 Å². The lowest BCUT2D eigenvalue weighted by molar-refractivity contribution is 0.194. The first-order valence-electron chi connectivity index (χ1n) is 6.77. The summed E-state index contributed by atoms with van der Waals surface area (Å²) < 4.78 is 19.1. The van der Waals surface area contributed by atoms with E-state index in [1.807, 2.05) is 13.2 Å². The quantitative estimate of drug-likeness (QED) is 0.876. The molecule has 1 aromatic carbocycles. The van der Waals surface area contributed by atoms with E-state index in [1.165, 1.54) is 13.2 Å². The van der Waals surface area contributed by atoms with Gasteiger partial charge in [-0.05, 0) is 32.2 Å². The molecule has 0 saturated carbocycles. The van der Waals surface area contributed by atoms with Crippen molar-refractivity contribution in [2.24, 2.45) is 0 Å². The van der Waals surface area contributed by atoms with Gasteiger partial charge in [-0.2, -0.15) is 11.8 Å². The molecule has 1 N–H and O–H groups in total. The number of carbonyl (C=O) groups excluding carboxylic acids is 1. The Bertz CT molecular complexity index is 485. The molecule has 0 saturated heterocycles. The van der Waals surface area contributed by atoms with E-state index in [1.54, 1.807) is 42.8 Å². The van der Waals surface area contributed by atoms with Crippen LogP contribution in [-0.2, 0) is 0 Å². The molecule has 0 radical (unpaired) electrons. The van der Waals surface area contributed by atoms with Crippen LogP contribution < -0.4 is 10.1 Å². The molecule has 4 nitrogen and oxygen atoms in total. The highest BCUT2D eigenvalue weighted by molar-refractivity contribution is 7.98. The Morgan fingerprint density at radius 2 is 2.14 bits per heavy atom. The number of rotatable bonds is 6. The van der Waals surface area contributed by atoms with Gasteiger partial charge >= 0.3 is 6.03 Å². The molecule has 0 aliphatic carbocycles. The summed E-state index contributed by atoms with van der Waals surface area (Å²) in [6.07, 6.45) is 2.00. The van der Waals surface area contributed by atoms with Gasteiger partial charge in [-0.3, -0.25) is 0 Å². The molecule has 0 aromatic heterocycles. The predicted octanol–water partition coefficient (Wildman–Crippen LogP) is 3.29. The third-order valence-electron chi connectivity index (χ3n) is 3.40. The maximum Gasteiger partial charge on any atom is 0.317 e. The first-order chi connectivity index (χ1) is 9.92. The predicted molar refractivity (Wildman–Crippen MR) is 85.5 cm³/mol. The number of benzene rings is 1. The number of methoxy groups -OCH3 is 1. The molecule has 118 valence electrons. The molecule has 1 aromatic rings. The Labute approximate surface area is 130 Å². The number of hydrogen-bond acceptors (Lipinski definition) is 3. The van der Waals surface area contributed by atoms with Crippen molar-refractivity contribution in [3.8, 4) is 5.75 Å². The van der Waals surface area contributed by atoms with Crippen LogP contribution in [-0.4, -0.2) is 43.1 Å². The smallest absolute Gasteiger partial charge is 0.317 e. The van der Waals surface area contributed by atoms with Crippen molar-refractivity contribution < 1.29 is 13.9 Å². The number of amides is 2. The van der Waals surface area contributed by atoms with Gasteiger partial charge in [0.15, 0.2) is 0 Å². The second-order valence-electron chi connectivity index (χ2n) is 4.94. The number of halogens is 1. The lowest BCUT2D eigenvalue weighted by atomic mass is 10.1. The van der Waals surface area contributed by atoms with Crippen LogP contribution in [0, 0.1) is 5.82 Å². The first-order valence-corrected chi connectivity index (χ1v) is 8.16. The molecule has 0 spiro atoms. The lowest BCUT2D eigenvalue weighted by Gasteiger charge is -2.27. The summed E-state index contributed by atoms with van der Waals surface area (Å²) in [6, 6.07) is 4.03. The van der Waals surface area contributed by atoms with Crippen molar-refractivity contribution in [3.63, 3.8) is 0 Å². The van der Waals surface area contributed by atoms with Crippen LogP contribution in [0.2, 0.25) is 0 Å². The zero-order valence-corrected chi connectivity index (χ0v) is 14.0. The Morgan fingerprint density at radius 1 is 1.48 bits per heavy atom. The highest BCUT2D eigenvalue weighted by Crippen LogP contribution is 2.27. The average Bonchev–Trinajstić information content (AvgIpc) is 2.45. The van der Waals surface area contributed by atoms with Crippen molar-refractivity contribution >= 4 is 17.8 Å². The molecule has 0 fully saturated rings. The van der Waals surface area contributed by atoms with Crippen LogP contribution in [0.4, 0.5) is 9.18 Å². The van der Waals surface area contributed by atoms with Crippen LogP contribution in [0.1, 0.15) is 25.5 Å². The fourth-order valence-corrected chi connectivity index (χ4v) is 2.73. The van der Waals surface area contributed by atoms with Gasteiger partial charge in [0.05, 0.1) is 18.7 Å². The fraction of sp³-hybridized carbons (Fsp3) is 0.533. The molecular weight excluding hydrogens is 291 g/mol. The van der Waals surface area contributed by atoms with E-state index in [2.05, 4.69) is 5.32 Å². The monoisotopic (exact) mass is 314 g/mol. The molecule has 0 bridgehead atoms. The van der Waals surface area contributed by atoms with E-state index >= 15 is 0 Å². The van der Waals surface area contributed by atoms with Crippen molar-refractivity contribution in [1.82, 2.24) is 10.2 Å². The Morgan fingerprint density at radius 3 is 2.71 bits per heavy atom. The Balaban J connectivity index is 2.82. The number of hydrogen-bond donors (Lipinski definition) is 1. The molecule has 0 aliphatic heterocycles. The molecule has 21 heavy (non-hydrogen) atoms. The van der Waals surface area contributed by atoms with Crippen molar-refractivity contribution in [3.05, 3.63) is 29.6 Å². The van der Waals surface area contributed by atoms with Gasteiger partial charge in [0.2, 0.25) is 0 Å². The highest BCUT2D eigenvalue weighted by Gasteiger charge is 2.21. The summed E-state index contributed by atoms with van der Waals surface area (Å²) in [5.74, 6) is 0.894. The van der Waals surface area contributed by atoms with E-state index in [0.29, 0.717) is 11.3 Å². The molecule has 2 amide bonds. The zero-order valence-electron chi connectivity index (χ0n) is 13.1. The normalized spacial score (nSPS) is 13.4. The number of nitrogens with zero attached hydrogens (tertiary/aromatic N) is 1. The number of thioether (sulfide) groups is 1. The summed E-state index contributed by atoms with van der Waals surface area (Å²) in [4.78, 5) is 13.8. The second kappa shape index (κ2) is 8.12. The molecule has 0 aliphatic rings. The fourth-order valence-electron chi connectivity index (χ4n) is 2.03. The minimum Gasteiger partial charge on any atom is -0.496 e. The highest BCUT2D eigenvalue weighted by atomic mass is 32.2. The summed E-state index contributed by atoms with van der Waals surface area (Å²) in [6.45, 7) is 3.72. The summed E-state index contributed by atoms with van der Waals surface area (Å²) in [5, 5.41) is 2.81. The van der Waals surface area contributed by atoms with Crippen molar-refractivity contribution in [2.45, 2.75) is 25.9 Å². The third kappa shape index (κ3) is 4.52. The first kappa shape index (κ1) is 17.6. The van der Waals surface area contributed by atoms with Gasteiger partial charge in [0, 0.05) is 18.8 Å². The number of urea groups is 1. The minimum absolute atomic E-state index is 0.106. The van der Waals surface area contributed by atoms with E-state index < -0.39 is 6.04 Å².